The molecule has 0 saturated heterocycles. The van der Waals surface area contributed by atoms with Gasteiger partial charge in [-0.1, -0.05) is 83.0 Å². The van der Waals surface area contributed by atoms with Gasteiger partial charge < -0.3 is 10.6 Å². The average molecular weight is 603 g/mol. The lowest BCUT2D eigenvalue weighted by Crippen LogP contribution is -2.48. The number of unbranched alkanes of at least 4 members (excludes halogenated alkanes) is 4. The van der Waals surface area contributed by atoms with Crippen LogP contribution >= 0.6 is 21.6 Å². The Balaban J connectivity index is 0.803. The number of nitrogens with one attached hydrogen (secondary N) is 2. The van der Waals surface area contributed by atoms with Crippen LogP contribution in [0.3, 0.4) is 0 Å². The van der Waals surface area contributed by atoms with E-state index in [9.17, 15) is 19.2 Å². The first kappa shape index (κ1) is 28.9. The van der Waals surface area contributed by atoms with Gasteiger partial charge in [0, 0.05) is 46.6 Å². The topological polar surface area (TPSA) is 117 Å². The Kier molecular flexibility index (Phi) is 8.90. The van der Waals surface area contributed by atoms with Crippen molar-refractivity contribution in [3.05, 3.63) is 70.8 Å². The van der Waals surface area contributed by atoms with Gasteiger partial charge in [-0.25, -0.2) is 0 Å². The van der Waals surface area contributed by atoms with Crippen LogP contribution in [0.5, 0.6) is 0 Å². The molecule has 4 atom stereocenters. The summed E-state index contributed by atoms with van der Waals surface area (Å²) in [5.74, 6) is 3.54. The number of fused-ring (bicyclic) bond motifs is 4. The van der Waals surface area contributed by atoms with Crippen molar-refractivity contribution in [3.63, 3.8) is 0 Å². The zero-order valence-corrected chi connectivity index (χ0v) is 25.0. The molecule has 0 amide bonds. The van der Waals surface area contributed by atoms with Gasteiger partial charge in [-0.3, -0.25) is 29.2 Å². The summed E-state index contributed by atoms with van der Waals surface area (Å²) in [5, 5.41) is 6.43. The number of aliphatic imine (C=N–C) groups is 2. The maximum Gasteiger partial charge on any atom is 0.190 e. The van der Waals surface area contributed by atoms with Gasteiger partial charge in [0.15, 0.2) is 23.1 Å². The first-order chi connectivity index (χ1) is 20.5. The van der Waals surface area contributed by atoms with Gasteiger partial charge in [0.2, 0.25) is 0 Å². The molecule has 0 bridgehead atoms. The fraction of sp³-hybridized carbons (Fsp3) is 0.438. The zero-order valence-electron chi connectivity index (χ0n) is 23.3. The van der Waals surface area contributed by atoms with Crippen molar-refractivity contribution in [2.75, 3.05) is 11.5 Å². The third-order valence-corrected chi connectivity index (χ3v) is 10.8. The van der Waals surface area contributed by atoms with Crippen LogP contribution in [0.4, 0.5) is 0 Å². The van der Waals surface area contributed by atoms with Crippen LogP contribution in [0, 0.1) is 0 Å². The molecular formula is C32H34N4O4S2. The van der Waals surface area contributed by atoms with Gasteiger partial charge in [0.1, 0.15) is 24.2 Å². The van der Waals surface area contributed by atoms with E-state index in [0.717, 1.165) is 74.5 Å². The van der Waals surface area contributed by atoms with Crippen LogP contribution < -0.4 is 10.6 Å². The number of benzene rings is 2. The van der Waals surface area contributed by atoms with Gasteiger partial charge in [0.25, 0.3) is 0 Å². The Morgan fingerprint density at radius 1 is 0.524 bits per heavy atom. The van der Waals surface area contributed by atoms with Crippen LogP contribution in [-0.2, 0) is 0 Å². The highest BCUT2D eigenvalue weighted by atomic mass is 33.1. The lowest BCUT2D eigenvalue weighted by molar-refractivity contribution is 0.0844. The number of nitrogens with zero attached hydrogens (tertiary/aromatic N) is 2. The molecular weight excluding hydrogens is 569 g/mol. The summed E-state index contributed by atoms with van der Waals surface area (Å²) in [6, 6.07) is 11.7. The third-order valence-electron chi connectivity index (χ3n) is 8.25. The van der Waals surface area contributed by atoms with E-state index >= 15 is 0 Å². The van der Waals surface area contributed by atoms with Crippen molar-refractivity contribution < 1.29 is 19.2 Å². The smallest absolute Gasteiger partial charge is 0.190 e. The fourth-order valence-electron chi connectivity index (χ4n) is 6.05. The number of Topliss-reactive ketones (excluding diaryl/α,β-unsaturated/α-hetero) is 4. The molecule has 6 rings (SSSR count). The van der Waals surface area contributed by atoms with Gasteiger partial charge in [-0.15, -0.1) is 0 Å². The predicted octanol–water partition coefficient (Wildman–Crippen LogP) is 5.12. The second kappa shape index (κ2) is 13.0. The normalized spacial score (nSPS) is 23.8. The molecule has 218 valence electrons. The van der Waals surface area contributed by atoms with Crippen molar-refractivity contribution in [1.29, 1.82) is 0 Å². The Labute approximate surface area is 253 Å². The molecule has 2 heterocycles. The second-order valence-corrected chi connectivity index (χ2v) is 13.8. The summed E-state index contributed by atoms with van der Waals surface area (Å²) < 4.78 is 0. The molecule has 8 nitrogen and oxygen atoms in total. The summed E-state index contributed by atoms with van der Waals surface area (Å²) >= 11 is 0. The van der Waals surface area contributed by atoms with Crippen LogP contribution in [0.15, 0.2) is 58.5 Å². The van der Waals surface area contributed by atoms with Gasteiger partial charge in [-0.2, -0.15) is 0 Å². The van der Waals surface area contributed by atoms with Crippen LogP contribution in [0.1, 0.15) is 92.8 Å². The molecule has 4 unspecified atom stereocenters. The molecule has 2 N–H and O–H groups in total. The van der Waals surface area contributed by atoms with Crippen LogP contribution in [-0.4, -0.2) is 70.5 Å². The summed E-state index contributed by atoms with van der Waals surface area (Å²) in [6.45, 7) is 0. The van der Waals surface area contributed by atoms with E-state index in [-0.39, 0.29) is 23.1 Å². The molecule has 2 aliphatic heterocycles. The maximum atomic E-state index is 12.8. The number of rotatable bonds is 13. The largest absolute Gasteiger partial charge is 0.361 e. The minimum atomic E-state index is -0.618. The number of carbonyl (C=O) groups excluding carboxylic acids is 4. The number of hydrogen-bond acceptors (Lipinski definition) is 10. The average Bonchev–Trinajstić information content (AvgIpc) is 3.65. The van der Waals surface area contributed by atoms with Gasteiger partial charge in [-0.05, 0) is 25.7 Å². The van der Waals surface area contributed by atoms with Crippen LogP contribution in [0.2, 0.25) is 0 Å². The van der Waals surface area contributed by atoms with E-state index in [1.807, 2.05) is 21.6 Å². The van der Waals surface area contributed by atoms with E-state index in [4.69, 9.17) is 0 Å². The van der Waals surface area contributed by atoms with Crippen LogP contribution in [0.25, 0.3) is 0 Å². The molecule has 2 aromatic carbocycles. The number of carbonyl (C=O) groups is 4. The summed E-state index contributed by atoms with van der Waals surface area (Å²) in [6.07, 6.45) is 7.89. The first-order valence-electron chi connectivity index (χ1n) is 14.8. The summed E-state index contributed by atoms with van der Waals surface area (Å²) in [4.78, 5) is 60.3. The Morgan fingerprint density at radius 2 is 0.905 bits per heavy atom. The molecule has 0 fully saturated rings. The minimum absolute atomic E-state index is 0.0386. The molecule has 10 heteroatoms. The fourth-order valence-corrected chi connectivity index (χ4v) is 8.34. The van der Waals surface area contributed by atoms with Crippen molar-refractivity contribution in [2.45, 2.75) is 75.5 Å². The SMILES string of the molecule is O=C1c2ccccc2C(=O)C2NC(CCCCCSSCCCCCC3=NC4C(=O)c5ccccc5C(=O)C4N3)=NC12. The second-order valence-electron chi connectivity index (χ2n) is 11.1. The lowest BCUT2D eigenvalue weighted by Gasteiger charge is -2.23. The summed E-state index contributed by atoms with van der Waals surface area (Å²) in [5.41, 5.74) is 1.98. The van der Waals surface area contributed by atoms with E-state index in [1.165, 1.54) is 0 Å². The molecule has 0 spiro atoms. The number of amidine groups is 2. The Morgan fingerprint density at radius 3 is 1.31 bits per heavy atom. The van der Waals surface area contributed by atoms with Crippen molar-refractivity contribution in [3.8, 4) is 0 Å². The molecule has 42 heavy (non-hydrogen) atoms. The Bertz CT molecular complexity index is 1360. The lowest BCUT2D eigenvalue weighted by atomic mass is 9.83. The number of hydrogen-bond donors (Lipinski definition) is 2. The van der Waals surface area contributed by atoms with E-state index in [0.29, 0.717) is 22.3 Å². The quantitative estimate of drug-likeness (QED) is 0.240. The highest BCUT2D eigenvalue weighted by Crippen LogP contribution is 2.29. The minimum Gasteiger partial charge on any atom is -0.361 e. The molecule has 4 aliphatic rings. The highest BCUT2D eigenvalue weighted by Gasteiger charge is 2.46. The van der Waals surface area contributed by atoms with E-state index in [2.05, 4.69) is 20.6 Å². The standard InChI is InChI=1S/C32H34N4O4S2/c37-29-19-11-5-6-12-20(19)30(38)26-25(29)33-23(34-26)15-3-1-9-17-41-42-18-10-2-4-16-24-35-27-28(36-24)32(40)22-14-8-7-13-21(22)31(27)39/h5-8,11-14,25-28H,1-4,9-10,15-18H2,(H,33,34)(H,35,36). The predicted molar refractivity (Wildman–Crippen MR) is 168 cm³/mol. The van der Waals surface area contributed by atoms with Gasteiger partial charge in [0.05, 0.1) is 11.7 Å². The molecule has 2 aliphatic carbocycles. The highest BCUT2D eigenvalue weighted by molar-refractivity contribution is 8.76. The van der Waals surface area contributed by atoms with Gasteiger partial charge >= 0.3 is 0 Å². The van der Waals surface area contributed by atoms with Crippen molar-refractivity contribution in [1.82, 2.24) is 10.6 Å². The first-order valence-corrected chi connectivity index (χ1v) is 17.3. The van der Waals surface area contributed by atoms with Crippen molar-refractivity contribution in [2.24, 2.45) is 9.98 Å². The molecule has 0 radical (unpaired) electrons. The molecule has 0 aromatic heterocycles. The maximum absolute atomic E-state index is 12.8. The Hall–Kier alpha value is -3.24. The summed E-state index contributed by atoms with van der Waals surface area (Å²) in [7, 11) is 3.82. The van der Waals surface area contributed by atoms with E-state index in [1.54, 1.807) is 48.5 Å². The zero-order chi connectivity index (χ0) is 29.1. The molecule has 0 saturated carbocycles. The molecule has 2 aromatic rings. The number of ketones is 4. The monoisotopic (exact) mass is 602 g/mol. The van der Waals surface area contributed by atoms with Crippen molar-refractivity contribution >= 4 is 56.4 Å². The van der Waals surface area contributed by atoms with E-state index < -0.39 is 24.2 Å². The third kappa shape index (κ3) is 5.83.